The van der Waals surface area contributed by atoms with Crippen LogP contribution in [0.3, 0.4) is 0 Å². The van der Waals surface area contributed by atoms with E-state index >= 15 is 0 Å². The molecule has 0 N–H and O–H groups in total. The molecule has 3 atom stereocenters. The predicted molar refractivity (Wildman–Crippen MR) is 121 cm³/mol. The van der Waals surface area contributed by atoms with Crippen LogP contribution in [-0.2, 0) is 23.4 Å². The van der Waals surface area contributed by atoms with E-state index in [1.165, 1.54) is 12.8 Å². The van der Waals surface area contributed by atoms with Crippen molar-refractivity contribution in [2.45, 2.75) is 96.6 Å². The van der Waals surface area contributed by atoms with Crippen LogP contribution in [0.4, 0.5) is 0 Å². The summed E-state index contributed by atoms with van der Waals surface area (Å²) >= 11 is 0. The number of hydrogen-bond donors (Lipinski definition) is 0. The van der Waals surface area contributed by atoms with E-state index in [0.29, 0.717) is 31.8 Å². The lowest BCUT2D eigenvalue weighted by molar-refractivity contribution is -0.117. The minimum absolute atomic E-state index is 0.00566. The Morgan fingerprint density at radius 2 is 1.90 bits per heavy atom. The van der Waals surface area contributed by atoms with Crippen molar-refractivity contribution in [3.05, 3.63) is 12.2 Å². The molecule has 5 nitrogen and oxygen atoms in total. The molecule has 0 heterocycles. The van der Waals surface area contributed by atoms with Crippen molar-refractivity contribution in [1.82, 2.24) is 0 Å². The number of methoxy groups -OCH3 is 1. The fourth-order valence-electron chi connectivity index (χ4n) is 3.16. The van der Waals surface area contributed by atoms with Gasteiger partial charge in [-0.2, -0.15) is 0 Å². The van der Waals surface area contributed by atoms with E-state index in [9.17, 15) is 4.79 Å². The zero-order chi connectivity index (χ0) is 21.9. The smallest absolute Gasteiger partial charge is 0.192 e. The van der Waals surface area contributed by atoms with Crippen LogP contribution in [0.2, 0.25) is 18.1 Å². The molecule has 0 aromatic rings. The molecule has 1 fully saturated rings. The van der Waals surface area contributed by atoms with E-state index in [1.54, 1.807) is 7.11 Å². The molecule has 3 unspecified atom stereocenters. The highest BCUT2D eigenvalue weighted by Crippen LogP contribution is 2.40. The van der Waals surface area contributed by atoms with Crippen molar-refractivity contribution in [2.24, 2.45) is 5.92 Å². The second-order valence-corrected chi connectivity index (χ2v) is 14.4. The maximum atomic E-state index is 12.2. The number of ether oxygens (including phenoxy) is 3. The Hall–Kier alpha value is -0.533. The zero-order valence-electron chi connectivity index (χ0n) is 19.8. The molecule has 1 rings (SSSR count). The number of carbonyl (C=O) groups is 1. The van der Waals surface area contributed by atoms with Gasteiger partial charge in [-0.1, -0.05) is 59.1 Å². The molecule has 6 heteroatoms. The Kier molecular flexibility index (Phi) is 11.9. The average Bonchev–Trinajstić information content (AvgIpc) is 2.96. The lowest BCUT2D eigenvalue weighted by Gasteiger charge is -2.39. The van der Waals surface area contributed by atoms with Crippen molar-refractivity contribution in [2.75, 3.05) is 27.1 Å². The Labute approximate surface area is 179 Å². The highest BCUT2D eigenvalue weighted by atomic mass is 28.4. The number of Topliss-reactive ketones (excluding diaryl/α,β-unsaturated/α-hetero) is 1. The molecule has 170 valence electrons. The Balaban J connectivity index is 2.70. The fraction of sp³-hybridized carbons (Fsp3) is 0.870. The third kappa shape index (κ3) is 9.88. The predicted octanol–water partition coefficient (Wildman–Crippen LogP) is 5.50. The van der Waals surface area contributed by atoms with Crippen LogP contribution in [0.5, 0.6) is 0 Å². The van der Waals surface area contributed by atoms with Crippen molar-refractivity contribution < 1.29 is 23.4 Å². The summed E-state index contributed by atoms with van der Waals surface area (Å²) in [6, 6.07) is 0. The largest absolute Gasteiger partial charge is 0.413 e. The topological polar surface area (TPSA) is 54.0 Å². The Morgan fingerprint density at radius 1 is 1.17 bits per heavy atom. The van der Waals surface area contributed by atoms with Gasteiger partial charge in [-0.25, -0.2) is 0 Å². The highest BCUT2D eigenvalue weighted by molar-refractivity contribution is 6.74. The minimum atomic E-state index is -1.91. The Morgan fingerprint density at radius 3 is 2.52 bits per heavy atom. The molecular formula is C23H44O5Si. The van der Waals surface area contributed by atoms with Crippen LogP contribution in [0, 0.1) is 5.92 Å². The minimum Gasteiger partial charge on any atom is -0.413 e. The summed E-state index contributed by atoms with van der Waals surface area (Å²) in [5, 5.41) is 0.137. The van der Waals surface area contributed by atoms with E-state index in [-0.39, 0.29) is 30.0 Å². The van der Waals surface area contributed by atoms with E-state index in [0.717, 1.165) is 12.8 Å². The van der Waals surface area contributed by atoms with Gasteiger partial charge in [0.2, 0.25) is 0 Å². The van der Waals surface area contributed by atoms with E-state index in [4.69, 9.17) is 18.6 Å². The summed E-state index contributed by atoms with van der Waals surface area (Å²) in [5.41, 5.74) is 0. The van der Waals surface area contributed by atoms with Gasteiger partial charge in [-0.05, 0) is 24.6 Å². The van der Waals surface area contributed by atoms with Crippen molar-refractivity contribution >= 4 is 14.1 Å². The summed E-state index contributed by atoms with van der Waals surface area (Å²) in [5.74, 6) is 0.443. The van der Waals surface area contributed by atoms with Gasteiger partial charge in [0.1, 0.15) is 12.6 Å². The van der Waals surface area contributed by atoms with Gasteiger partial charge >= 0.3 is 0 Å². The van der Waals surface area contributed by atoms with Gasteiger partial charge in [-0.3, -0.25) is 4.79 Å². The lowest BCUT2D eigenvalue weighted by Crippen LogP contribution is -2.44. The monoisotopic (exact) mass is 428 g/mol. The van der Waals surface area contributed by atoms with Gasteiger partial charge in [0.25, 0.3) is 0 Å². The van der Waals surface area contributed by atoms with Crippen molar-refractivity contribution in [3.63, 3.8) is 0 Å². The Bertz CT molecular complexity index is 498. The molecule has 0 aromatic heterocycles. The molecule has 1 aliphatic carbocycles. The van der Waals surface area contributed by atoms with Crippen LogP contribution in [0.25, 0.3) is 0 Å². The summed E-state index contributed by atoms with van der Waals surface area (Å²) in [6.07, 6.45) is 9.85. The van der Waals surface area contributed by atoms with Gasteiger partial charge in [0, 0.05) is 25.9 Å². The number of unbranched alkanes of at least 4 members (excludes halogenated alkanes) is 2. The molecule has 0 amide bonds. The summed E-state index contributed by atoms with van der Waals surface area (Å²) < 4.78 is 23.0. The lowest BCUT2D eigenvalue weighted by atomic mass is 10.0. The standard InChI is InChI=1S/C23H44O5Si/c1-8-9-10-11-21(27-18-26-15-14-25-5)13-12-19-16-20(24)17-22(19)28-29(6,7)23(2,3)4/h12-13,19,21-22H,8-11,14-18H2,1-7H3/b13-12+. The number of carbonyl (C=O) groups excluding carboxylic acids is 1. The molecule has 0 aromatic carbocycles. The van der Waals surface area contributed by atoms with Crippen LogP contribution >= 0.6 is 0 Å². The molecule has 1 saturated carbocycles. The first kappa shape index (κ1) is 26.5. The second-order valence-electron chi connectivity index (χ2n) is 9.63. The van der Waals surface area contributed by atoms with Crippen LogP contribution < -0.4 is 0 Å². The first-order valence-electron chi connectivity index (χ1n) is 11.2. The van der Waals surface area contributed by atoms with Crippen LogP contribution in [0.1, 0.15) is 66.2 Å². The average molecular weight is 429 g/mol. The first-order chi connectivity index (χ1) is 13.6. The van der Waals surface area contributed by atoms with Gasteiger partial charge in [0.05, 0.1) is 25.4 Å². The van der Waals surface area contributed by atoms with E-state index < -0.39 is 8.32 Å². The van der Waals surface area contributed by atoms with E-state index in [2.05, 4.69) is 52.9 Å². The molecule has 0 aliphatic heterocycles. The quantitative estimate of drug-likeness (QED) is 0.158. The van der Waals surface area contributed by atoms with Gasteiger partial charge in [0.15, 0.2) is 8.32 Å². The molecule has 0 bridgehead atoms. The van der Waals surface area contributed by atoms with Gasteiger partial charge in [-0.15, -0.1) is 0 Å². The fourth-order valence-corrected chi connectivity index (χ4v) is 4.53. The highest BCUT2D eigenvalue weighted by Gasteiger charge is 2.43. The van der Waals surface area contributed by atoms with Crippen LogP contribution in [-0.4, -0.2) is 53.4 Å². The number of ketones is 1. The molecule has 0 spiro atoms. The molecular weight excluding hydrogens is 384 g/mol. The maximum absolute atomic E-state index is 12.2. The summed E-state index contributed by atoms with van der Waals surface area (Å²) in [4.78, 5) is 12.2. The summed E-state index contributed by atoms with van der Waals surface area (Å²) in [7, 11) is -0.248. The molecule has 0 radical (unpaired) electrons. The zero-order valence-corrected chi connectivity index (χ0v) is 20.8. The first-order valence-corrected chi connectivity index (χ1v) is 14.1. The van der Waals surface area contributed by atoms with Crippen molar-refractivity contribution in [1.29, 1.82) is 0 Å². The van der Waals surface area contributed by atoms with Crippen molar-refractivity contribution in [3.8, 4) is 0 Å². The third-order valence-electron chi connectivity index (χ3n) is 6.08. The molecule has 0 saturated heterocycles. The van der Waals surface area contributed by atoms with E-state index in [1.807, 2.05) is 0 Å². The normalized spacial score (nSPS) is 22.0. The number of rotatable bonds is 14. The summed E-state index contributed by atoms with van der Waals surface area (Å²) in [6.45, 7) is 14.8. The number of hydrogen-bond acceptors (Lipinski definition) is 5. The molecule has 29 heavy (non-hydrogen) atoms. The maximum Gasteiger partial charge on any atom is 0.192 e. The van der Waals surface area contributed by atoms with Crippen LogP contribution in [0.15, 0.2) is 12.2 Å². The third-order valence-corrected chi connectivity index (χ3v) is 10.6. The molecule has 1 aliphatic rings. The second kappa shape index (κ2) is 13.0. The van der Waals surface area contributed by atoms with Gasteiger partial charge < -0.3 is 18.6 Å². The SMILES string of the molecule is CCCCCC(/C=C/C1CC(=O)CC1O[Si](C)(C)C(C)(C)C)OCOCCOC.